The Labute approximate surface area is 89.2 Å². The zero-order valence-electron chi connectivity index (χ0n) is 10.1. The Kier molecular flexibility index (Phi) is 4.50. The predicted molar refractivity (Wildman–Crippen MR) is 66.0 cm³/mol. The van der Waals surface area contributed by atoms with E-state index in [0.717, 1.165) is 11.9 Å². The Hall–Kier alpha value is -0.465. The molecule has 80 valence electrons. The van der Waals surface area contributed by atoms with E-state index in [0.29, 0.717) is 0 Å². The van der Waals surface area contributed by atoms with Crippen molar-refractivity contribution in [2.45, 2.75) is 50.9 Å². The average molecular weight is 194 g/mol. The van der Waals surface area contributed by atoms with E-state index in [2.05, 4.69) is 31.7 Å². The summed E-state index contributed by atoms with van der Waals surface area (Å²) in [5.41, 5.74) is 0. The Balaban J connectivity index is 2.26. The molecule has 2 atom stereocenters. The van der Waals surface area contributed by atoms with Crippen molar-refractivity contribution in [2.24, 2.45) is 4.99 Å². The minimum Gasteiger partial charge on any atom is -0.360 e. The smallest absolute Gasteiger partial charge is 0.105 e. The second-order valence-electron chi connectivity index (χ2n) is 4.77. The molecule has 1 rings (SSSR count). The van der Waals surface area contributed by atoms with Crippen LogP contribution >= 0.6 is 0 Å². The van der Waals surface area contributed by atoms with Crippen molar-refractivity contribution in [3.63, 3.8) is 0 Å². The molecule has 0 aromatic carbocycles. The van der Waals surface area contributed by atoms with Crippen LogP contribution in [-0.4, -0.2) is 38.7 Å². The second kappa shape index (κ2) is 5.42. The first-order valence-electron chi connectivity index (χ1n) is 5.83. The number of hydrogen-bond acceptors (Lipinski definition) is 1. The van der Waals surface area contributed by atoms with E-state index < -0.39 is 0 Å². The van der Waals surface area contributed by atoms with E-state index in [1.54, 1.807) is 0 Å². The lowest BCUT2D eigenvalue weighted by Gasteiger charge is -2.22. The van der Waals surface area contributed by atoms with E-state index >= 15 is 0 Å². The molecule has 0 saturated carbocycles. The number of rotatable bonds is 4. The highest BCUT2D eigenvalue weighted by molar-refractivity contribution is 6.11. The van der Waals surface area contributed by atoms with Crippen LogP contribution in [0.5, 0.6) is 0 Å². The first-order valence-corrected chi connectivity index (χ1v) is 5.83. The summed E-state index contributed by atoms with van der Waals surface area (Å²) in [5, 5.41) is 0. The van der Waals surface area contributed by atoms with Gasteiger partial charge >= 0.3 is 0 Å². The molecular formula is C11H23BN2. The molecule has 1 fully saturated rings. The van der Waals surface area contributed by atoms with E-state index in [-0.39, 0.29) is 0 Å². The fourth-order valence-corrected chi connectivity index (χ4v) is 2.25. The SMILES string of the molecule is BC(C)CCCC1CC/C(=N\C)N1C. The first-order chi connectivity index (χ1) is 6.65. The third kappa shape index (κ3) is 3.04. The number of hydrogen-bond donors (Lipinski definition) is 0. The summed E-state index contributed by atoms with van der Waals surface area (Å²) in [6.45, 7) is 2.30. The molecule has 0 bridgehead atoms. The topological polar surface area (TPSA) is 15.6 Å². The summed E-state index contributed by atoms with van der Waals surface area (Å²) >= 11 is 0. The van der Waals surface area contributed by atoms with Crippen molar-refractivity contribution in [3.8, 4) is 0 Å². The van der Waals surface area contributed by atoms with Crippen molar-refractivity contribution >= 4 is 13.7 Å². The Bertz CT molecular complexity index is 201. The molecule has 0 amide bonds. The molecule has 0 aromatic rings. The third-order valence-corrected chi connectivity index (χ3v) is 3.23. The molecule has 2 nitrogen and oxygen atoms in total. The van der Waals surface area contributed by atoms with Crippen molar-refractivity contribution < 1.29 is 0 Å². The van der Waals surface area contributed by atoms with Gasteiger partial charge in [0, 0.05) is 26.6 Å². The van der Waals surface area contributed by atoms with Gasteiger partial charge in [-0.15, -0.1) is 0 Å². The van der Waals surface area contributed by atoms with Crippen molar-refractivity contribution in [1.29, 1.82) is 0 Å². The van der Waals surface area contributed by atoms with Gasteiger partial charge in [0.05, 0.1) is 5.84 Å². The summed E-state index contributed by atoms with van der Waals surface area (Å²) in [6.07, 6.45) is 6.56. The van der Waals surface area contributed by atoms with Crippen LogP contribution < -0.4 is 0 Å². The molecule has 0 N–H and O–H groups in total. The molecule has 1 saturated heterocycles. The lowest BCUT2D eigenvalue weighted by molar-refractivity contribution is 0.360. The molecule has 0 aromatic heterocycles. The molecule has 1 aliphatic heterocycles. The van der Waals surface area contributed by atoms with E-state index in [1.807, 2.05) is 7.05 Å². The van der Waals surface area contributed by atoms with E-state index in [4.69, 9.17) is 0 Å². The average Bonchev–Trinajstić information content (AvgIpc) is 2.47. The predicted octanol–water partition coefficient (Wildman–Crippen LogP) is 1.72. The minimum atomic E-state index is 0.757. The first kappa shape index (κ1) is 11.6. The molecule has 3 heteroatoms. The van der Waals surface area contributed by atoms with Gasteiger partial charge in [-0.2, -0.15) is 0 Å². The highest BCUT2D eigenvalue weighted by Gasteiger charge is 2.24. The maximum absolute atomic E-state index is 4.30. The largest absolute Gasteiger partial charge is 0.360 e. The molecule has 0 aliphatic carbocycles. The van der Waals surface area contributed by atoms with Gasteiger partial charge in [-0.1, -0.05) is 25.6 Å². The van der Waals surface area contributed by atoms with Gasteiger partial charge in [0.25, 0.3) is 0 Å². The van der Waals surface area contributed by atoms with Crippen LogP contribution in [0.25, 0.3) is 0 Å². The Morgan fingerprint density at radius 2 is 2.36 bits per heavy atom. The quantitative estimate of drug-likeness (QED) is 0.622. The molecule has 1 heterocycles. The molecule has 0 spiro atoms. The molecule has 0 radical (unpaired) electrons. The van der Waals surface area contributed by atoms with Gasteiger partial charge in [0.15, 0.2) is 0 Å². The maximum atomic E-state index is 4.30. The lowest BCUT2D eigenvalue weighted by Crippen LogP contribution is -2.28. The number of aliphatic imine (C=N–C) groups is 1. The normalized spacial score (nSPS) is 27.2. The zero-order valence-corrected chi connectivity index (χ0v) is 10.1. The monoisotopic (exact) mass is 194 g/mol. The van der Waals surface area contributed by atoms with Crippen molar-refractivity contribution in [2.75, 3.05) is 14.1 Å². The molecule has 1 aliphatic rings. The van der Waals surface area contributed by atoms with Crippen LogP contribution in [0.15, 0.2) is 4.99 Å². The fourth-order valence-electron chi connectivity index (χ4n) is 2.25. The van der Waals surface area contributed by atoms with E-state index in [9.17, 15) is 0 Å². The summed E-state index contributed by atoms with van der Waals surface area (Å²) < 4.78 is 0. The number of nitrogens with zero attached hydrogens (tertiary/aromatic N) is 2. The van der Waals surface area contributed by atoms with Crippen molar-refractivity contribution in [1.82, 2.24) is 4.90 Å². The highest BCUT2D eigenvalue weighted by Crippen LogP contribution is 2.23. The van der Waals surface area contributed by atoms with Crippen LogP contribution in [0.3, 0.4) is 0 Å². The second-order valence-corrected chi connectivity index (χ2v) is 4.77. The Morgan fingerprint density at radius 1 is 1.64 bits per heavy atom. The van der Waals surface area contributed by atoms with Gasteiger partial charge in [-0.3, -0.25) is 4.99 Å². The van der Waals surface area contributed by atoms with Crippen LogP contribution in [0.1, 0.15) is 39.0 Å². The van der Waals surface area contributed by atoms with Gasteiger partial charge < -0.3 is 4.90 Å². The standard InChI is InChI=1S/C11H23BN2/c1-9(12)5-4-6-10-7-8-11(13-2)14(10)3/h9-10H,4-8,12H2,1-3H3/b13-11+. The van der Waals surface area contributed by atoms with Gasteiger partial charge in [0.2, 0.25) is 0 Å². The van der Waals surface area contributed by atoms with Crippen molar-refractivity contribution in [3.05, 3.63) is 0 Å². The summed E-state index contributed by atoms with van der Waals surface area (Å²) in [6, 6.07) is 0.757. The number of likely N-dealkylation sites (tertiary alicyclic amines) is 1. The molecule has 14 heavy (non-hydrogen) atoms. The highest BCUT2D eigenvalue weighted by atomic mass is 15.2. The van der Waals surface area contributed by atoms with Gasteiger partial charge in [-0.05, 0) is 12.8 Å². The van der Waals surface area contributed by atoms with Crippen LogP contribution in [0, 0.1) is 0 Å². The lowest BCUT2D eigenvalue weighted by atomic mass is 9.84. The fraction of sp³-hybridized carbons (Fsp3) is 0.909. The summed E-state index contributed by atoms with van der Waals surface area (Å²) in [5.74, 6) is 2.14. The van der Waals surface area contributed by atoms with Gasteiger partial charge in [0.1, 0.15) is 7.85 Å². The van der Waals surface area contributed by atoms with Gasteiger partial charge in [-0.25, -0.2) is 0 Å². The summed E-state index contributed by atoms with van der Waals surface area (Å²) in [4.78, 5) is 6.68. The molecule has 2 unspecified atom stereocenters. The van der Waals surface area contributed by atoms with Crippen LogP contribution in [-0.2, 0) is 0 Å². The third-order valence-electron chi connectivity index (χ3n) is 3.23. The number of amidine groups is 1. The maximum Gasteiger partial charge on any atom is 0.105 e. The minimum absolute atomic E-state index is 0.757. The zero-order chi connectivity index (χ0) is 10.6. The molecular weight excluding hydrogens is 171 g/mol. The Morgan fingerprint density at radius 3 is 2.86 bits per heavy atom. The summed E-state index contributed by atoms with van der Waals surface area (Å²) in [7, 11) is 6.40. The van der Waals surface area contributed by atoms with Crippen LogP contribution in [0.4, 0.5) is 0 Å². The van der Waals surface area contributed by atoms with Crippen LogP contribution in [0.2, 0.25) is 5.82 Å². The van der Waals surface area contributed by atoms with E-state index in [1.165, 1.54) is 37.9 Å².